The van der Waals surface area contributed by atoms with E-state index in [1.165, 1.54) is 28.4 Å². The highest BCUT2D eigenvalue weighted by molar-refractivity contribution is 7.89. The zero-order valence-electron chi connectivity index (χ0n) is 14.9. The van der Waals surface area contributed by atoms with Crippen LogP contribution in [0.3, 0.4) is 0 Å². The molecule has 1 fully saturated rings. The molecule has 0 unspecified atom stereocenters. The number of hydrogen-bond acceptors (Lipinski definition) is 4. The van der Waals surface area contributed by atoms with E-state index >= 15 is 0 Å². The number of sulfonamides is 1. The second kappa shape index (κ2) is 7.43. The molecule has 0 spiro atoms. The first-order valence-corrected chi connectivity index (χ1v) is 11.0. The smallest absolute Gasteiger partial charge is 0.264 e. The molecule has 4 rings (SSSR count). The van der Waals surface area contributed by atoms with Crippen LogP contribution in [0.4, 0.5) is 13.2 Å². The van der Waals surface area contributed by atoms with E-state index in [0.717, 1.165) is 27.2 Å². The summed E-state index contributed by atoms with van der Waals surface area (Å²) >= 11 is 1.23. The molecular formula is C19H15F3N2O3S2. The molecule has 2 aromatic carbocycles. The molecule has 152 valence electrons. The molecule has 0 atom stereocenters. The van der Waals surface area contributed by atoms with Crippen molar-refractivity contribution >= 4 is 37.4 Å². The van der Waals surface area contributed by atoms with Crippen LogP contribution in [0.25, 0.3) is 10.1 Å². The van der Waals surface area contributed by atoms with Gasteiger partial charge in [-0.2, -0.15) is 4.31 Å². The van der Waals surface area contributed by atoms with Crippen LogP contribution in [0, 0.1) is 17.5 Å². The molecule has 2 heterocycles. The van der Waals surface area contributed by atoms with E-state index in [-0.39, 0.29) is 32.1 Å². The van der Waals surface area contributed by atoms with Crippen molar-refractivity contribution < 1.29 is 26.4 Å². The number of halogens is 3. The third kappa shape index (κ3) is 3.63. The minimum Gasteiger partial charge on any atom is -0.335 e. The summed E-state index contributed by atoms with van der Waals surface area (Å²) in [5.41, 5.74) is 0. The number of amides is 1. The van der Waals surface area contributed by atoms with Gasteiger partial charge in [0, 0.05) is 30.9 Å². The number of piperazine rings is 1. The number of thiophene rings is 1. The normalized spacial score (nSPS) is 15.8. The van der Waals surface area contributed by atoms with Gasteiger partial charge >= 0.3 is 0 Å². The summed E-state index contributed by atoms with van der Waals surface area (Å²) in [4.78, 5) is 13.7. The Morgan fingerprint density at radius 2 is 1.59 bits per heavy atom. The van der Waals surface area contributed by atoms with Crippen LogP contribution in [0.5, 0.6) is 0 Å². The number of rotatable bonds is 3. The first-order valence-electron chi connectivity index (χ1n) is 8.70. The predicted molar refractivity (Wildman–Crippen MR) is 103 cm³/mol. The molecule has 0 radical (unpaired) electrons. The molecule has 1 aromatic heterocycles. The zero-order valence-corrected chi connectivity index (χ0v) is 16.6. The van der Waals surface area contributed by atoms with E-state index in [0.29, 0.717) is 10.3 Å². The number of carbonyl (C=O) groups is 1. The topological polar surface area (TPSA) is 57.7 Å². The van der Waals surface area contributed by atoms with E-state index in [9.17, 15) is 26.4 Å². The van der Waals surface area contributed by atoms with Crippen LogP contribution < -0.4 is 0 Å². The fraction of sp³-hybridized carbons (Fsp3) is 0.211. The number of carbonyl (C=O) groups excluding carboxylic acids is 1. The predicted octanol–water partition coefficient (Wildman–Crippen LogP) is 3.47. The van der Waals surface area contributed by atoms with Crippen LogP contribution in [0.1, 0.15) is 9.67 Å². The van der Waals surface area contributed by atoms with Gasteiger partial charge < -0.3 is 4.90 Å². The van der Waals surface area contributed by atoms with Gasteiger partial charge in [0.05, 0.1) is 4.88 Å². The Balaban J connectivity index is 1.50. The molecule has 1 aliphatic heterocycles. The lowest BCUT2D eigenvalue weighted by molar-refractivity contribution is 0.0702. The Bertz CT molecular complexity index is 1180. The Hall–Kier alpha value is -2.43. The third-order valence-electron chi connectivity index (χ3n) is 4.73. The molecule has 5 nitrogen and oxygen atoms in total. The molecule has 0 N–H and O–H groups in total. The van der Waals surface area contributed by atoms with E-state index in [2.05, 4.69) is 0 Å². The maximum atomic E-state index is 13.9. The highest BCUT2D eigenvalue weighted by Crippen LogP contribution is 2.28. The Morgan fingerprint density at radius 3 is 2.24 bits per heavy atom. The van der Waals surface area contributed by atoms with Crippen molar-refractivity contribution in [2.75, 3.05) is 26.2 Å². The number of benzene rings is 2. The van der Waals surface area contributed by atoms with Gasteiger partial charge in [0.15, 0.2) is 4.90 Å². The summed E-state index contributed by atoms with van der Waals surface area (Å²) in [6.07, 6.45) is 0. The van der Waals surface area contributed by atoms with Crippen molar-refractivity contribution in [2.24, 2.45) is 0 Å². The third-order valence-corrected chi connectivity index (χ3v) is 7.79. The lowest BCUT2D eigenvalue weighted by Crippen LogP contribution is -2.50. The van der Waals surface area contributed by atoms with Crippen LogP contribution in [0.2, 0.25) is 0 Å². The second-order valence-electron chi connectivity index (χ2n) is 6.54. The Labute approximate surface area is 169 Å². The minimum absolute atomic E-state index is 0.0801. The molecule has 1 aliphatic rings. The van der Waals surface area contributed by atoms with Crippen LogP contribution in [-0.2, 0) is 10.0 Å². The molecule has 0 bridgehead atoms. The first kappa shape index (κ1) is 19.9. The van der Waals surface area contributed by atoms with E-state index < -0.39 is 32.4 Å². The number of hydrogen-bond donors (Lipinski definition) is 0. The number of nitrogens with zero attached hydrogens (tertiary/aromatic N) is 2. The standard InChI is InChI=1S/C19H15F3N2O3S2/c20-13-4-5-16-12(10-13)11-17(28-16)19(25)23-6-8-24(9-7-23)29(26,27)18-14(21)2-1-3-15(18)22/h1-5,10-11H,6-9H2. The average molecular weight is 440 g/mol. The summed E-state index contributed by atoms with van der Waals surface area (Å²) in [5, 5.41) is 0.620. The molecule has 29 heavy (non-hydrogen) atoms. The molecule has 10 heteroatoms. The summed E-state index contributed by atoms with van der Waals surface area (Å²) in [7, 11) is -4.36. The highest BCUT2D eigenvalue weighted by Gasteiger charge is 2.34. The van der Waals surface area contributed by atoms with E-state index in [1.807, 2.05) is 0 Å². The summed E-state index contributed by atoms with van der Waals surface area (Å²) in [6, 6.07) is 8.73. The lowest BCUT2D eigenvalue weighted by Gasteiger charge is -2.33. The van der Waals surface area contributed by atoms with E-state index in [4.69, 9.17) is 0 Å². The van der Waals surface area contributed by atoms with Crippen molar-refractivity contribution in [3.63, 3.8) is 0 Å². The fourth-order valence-electron chi connectivity index (χ4n) is 3.27. The molecule has 3 aromatic rings. The van der Waals surface area contributed by atoms with Crippen molar-refractivity contribution in [2.45, 2.75) is 4.90 Å². The van der Waals surface area contributed by atoms with Crippen LogP contribution >= 0.6 is 11.3 Å². The van der Waals surface area contributed by atoms with Gasteiger partial charge in [-0.25, -0.2) is 21.6 Å². The van der Waals surface area contributed by atoms with Gasteiger partial charge in [0.1, 0.15) is 17.5 Å². The Morgan fingerprint density at radius 1 is 0.931 bits per heavy atom. The Kier molecular flexibility index (Phi) is 5.09. The fourth-order valence-corrected chi connectivity index (χ4v) is 5.81. The largest absolute Gasteiger partial charge is 0.335 e. The molecule has 1 saturated heterocycles. The van der Waals surface area contributed by atoms with E-state index in [1.54, 1.807) is 12.1 Å². The highest BCUT2D eigenvalue weighted by atomic mass is 32.2. The number of fused-ring (bicyclic) bond motifs is 1. The summed E-state index contributed by atoms with van der Waals surface area (Å²) in [6.45, 7) is -0.00375. The van der Waals surface area contributed by atoms with Crippen molar-refractivity contribution in [3.8, 4) is 0 Å². The monoisotopic (exact) mass is 440 g/mol. The van der Waals surface area contributed by atoms with Gasteiger partial charge in [0.25, 0.3) is 5.91 Å². The van der Waals surface area contributed by atoms with Gasteiger partial charge in [-0.15, -0.1) is 11.3 Å². The second-order valence-corrected chi connectivity index (χ2v) is 9.50. The van der Waals surface area contributed by atoms with Gasteiger partial charge in [-0.1, -0.05) is 6.07 Å². The van der Waals surface area contributed by atoms with Crippen LogP contribution in [-0.4, -0.2) is 49.7 Å². The van der Waals surface area contributed by atoms with Crippen molar-refractivity contribution in [1.82, 2.24) is 9.21 Å². The molecule has 0 saturated carbocycles. The maximum Gasteiger partial charge on any atom is 0.264 e. The summed E-state index contributed by atoms with van der Waals surface area (Å²) in [5.74, 6) is -2.99. The van der Waals surface area contributed by atoms with Gasteiger partial charge in [0.2, 0.25) is 10.0 Å². The van der Waals surface area contributed by atoms with Gasteiger partial charge in [-0.3, -0.25) is 4.79 Å². The maximum absolute atomic E-state index is 13.9. The zero-order chi connectivity index (χ0) is 20.8. The van der Waals surface area contributed by atoms with Crippen LogP contribution in [0.15, 0.2) is 47.4 Å². The summed E-state index contributed by atoms with van der Waals surface area (Å²) < 4.78 is 68.2. The van der Waals surface area contributed by atoms with Crippen molar-refractivity contribution in [3.05, 3.63) is 64.8 Å². The minimum atomic E-state index is -4.36. The quantitative estimate of drug-likeness (QED) is 0.627. The molecular weight excluding hydrogens is 425 g/mol. The average Bonchev–Trinajstić information content (AvgIpc) is 3.10. The SMILES string of the molecule is O=C(c1cc2cc(F)ccc2s1)N1CCN(S(=O)(=O)c2c(F)cccc2F)CC1. The molecule has 1 amide bonds. The van der Waals surface area contributed by atoms with Crippen molar-refractivity contribution in [1.29, 1.82) is 0 Å². The molecule has 0 aliphatic carbocycles. The first-order chi connectivity index (χ1) is 13.8. The lowest BCUT2D eigenvalue weighted by atomic mass is 10.2. The van der Waals surface area contributed by atoms with Gasteiger partial charge in [-0.05, 0) is 41.8 Å².